The highest BCUT2D eigenvalue weighted by atomic mass is 19.4. The van der Waals surface area contributed by atoms with Crippen molar-refractivity contribution >= 4 is 0 Å². The lowest BCUT2D eigenvalue weighted by molar-refractivity contribution is -0.352. The van der Waals surface area contributed by atoms with Crippen molar-refractivity contribution < 1.29 is 22.3 Å². The topological polar surface area (TPSA) is 35.3 Å². The molecule has 1 aliphatic carbocycles. The zero-order valence-corrected chi connectivity index (χ0v) is 7.12. The molecule has 0 aliphatic heterocycles. The van der Waals surface area contributed by atoms with Crippen molar-refractivity contribution in [3.05, 3.63) is 18.4 Å². The molecule has 0 amide bonds. The molecule has 0 bridgehead atoms. The maximum Gasteiger partial charge on any atom is 0.522 e. The van der Waals surface area contributed by atoms with Gasteiger partial charge in [-0.3, -0.25) is 4.74 Å². The summed E-state index contributed by atoms with van der Waals surface area (Å²) >= 11 is 0. The molecule has 0 spiro atoms. The molecule has 0 saturated heterocycles. The third-order valence-corrected chi connectivity index (χ3v) is 2.25. The average Bonchev–Trinajstić information content (AvgIpc) is 2.45. The molecular weight excluding hydrogens is 199 g/mol. The van der Waals surface area contributed by atoms with E-state index in [0.717, 1.165) is 0 Å². The number of rotatable bonds is 2. The molecule has 0 radical (unpaired) electrons. The van der Waals surface area contributed by atoms with Gasteiger partial charge in [0.2, 0.25) is 0 Å². The van der Waals surface area contributed by atoms with Crippen molar-refractivity contribution in [2.45, 2.75) is 31.2 Å². The van der Waals surface area contributed by atoms with E-state index in [4.69, 9.17) is 4.42 Å². The number of alkyl halides is 3. The molecule has 2 rings (SSSR count). The van der Waals surface area contributed by atoms with E-state index in [9.17, 15) is 13.2 Å². The largest absolute Gasteiger partial charge is 0.522 e. The van der Waals surface area contributed by atoms with Gasteiger partial charge in [0.25, 0.3) is 0 Å². The Morgan fingerprint density at radius 2 is 2.14 bits per heavy atom. The smallest absolute Gasteiger partial charge is 0.448 e. The fraction of sp³-hybridized carbons (Fsp3) is 0.625. The van der Waals surface area contributed by atoms with Crippen LogP contribution in [-0.4, -0.2) is 17.5 Å². The van der Waals surface area contributed by atoms with Gasteiger partial charge in [-0.1, -0.05) is 0 Å². The summed E-state index contributed by atoms with van der Waals surface area (Å²) in [4.78, 5) is 3.70. The summed E-state index contributed by atoms with van der Waals surface area (Å²) in [7, 11) is 0. The normalized spacial score (nSPS) is 27.4. The fourth-order valence-corrected chi connectivity index (χ4v) is 1.51. The summed E-state index contributed by atoms with van der Waals surface area (Å²) in [6, 6.07) is 0. The minimum Gasteiger partial charge on any atom is -0.448 e. The first kappa shape index (κ1) is 9.51. The van der Waals surface area contributed by atoms with Crippen molar-refractivity contribution in [3.8, 4) is 0 Å². The molecule has 0 aromatic carbocycles. The van der Waals surface area contributed by atoms with E-state index >= 15 is 0 Å². The number of ether oxygens (including phenoxy) is 1. The lowest BCUT2D eigenvalue weighted by atomic mass is 9.81. The number of aromatic nitrogens is 1. The summed E-state index contributed by atoms with van der Waals surface area (Å²) in [5.41, 5.74) is 0. The van der Waals surface area contributed by atoms with E-state index in [1.807, 2.05) is 0 Å². The Balaban J connectivity index is 1.80. The van der Waals surface area contributed by atoms with E-state index in [-0.39, 0.29) is 5.92 Å². The SMILES string of the molecule is FC(F)(F)OC1CC(c2cnco2)C1. The van der Waals surface area contributed by atoms with Gasteiger partial charge >= 0.3 is 6.36 Å². The predicted molar refractivity (Wildman–Crippen MR) is 39.4 cm³/mol. The maximum absolute atomic E-state index is 11.7. The van der Waals surface area contributed by atoms with Crippen molar-refractivity contribution in [2.24, 2.45) is 0 Å². The first-order chi connectivity index (χ1) is 6.54. The van der Waals surface area contributed by atoms with Gasteiger partial charge in [0.05, 0.1) is 12.3 Å². The molecule has 78 valence electrons. The Kier molecular flexibility index (Phi) is 2.22. The quantitative estimate of drug-likeness (QED) is 0.747. The van der Waals surface area contributed by atoms with Crippen LogP contribution in [0.5, 0.6) is 0 Å². The summed E-state index contributed by atoms with van der Waals surface area (Å²) < 4.78 is 44.0. The van der Waals surface area contributed by atoms with Gasteiger partial charge in [0.15, 0.2) is 6.39 Å². The molecule has 1 fully saturated rings. The molecule has 1 aromatic heterocycles. The van der Waals surface area contributed by atoms with Crippen molar-refractivity contribution in [2.75, 3.05) is 0 Å². The van der Waals surface area contributed by atoms with Crippen LogP contribution < -0.4 is 0 Å². The van der Waals surface area contributed by atoms with Crippen LogP contribution in [-0.2, 0) is 4.74 Å². The third-order valence-electron chi connectivity index (χ3n) is 2.25. The summed E-state index contributed by atoms with van der Waals surface area (Å²) in [5.74, 6) is 0.650. The van der Waals surface area contributed by atoms with E-state index in [0.29, 0.717) is 18.6 Å². The summed E-state index contributed by atoms with van der Waals surface area (Å²) in [5, 5.41) is 0. The number of hydrogen-bond donors (Lipinski definition) is 0. The number of hydrogen-bond acceptors (Lipinski definition) is 3. The Morgan fingerprint density at radius 3 is 2.64 bits per heavy atom. The van der Waals surface area contributed by atoms with E-state index in [1.54, 1.807) is 0 Å². The van der Waals surface area contributed by atoms with Gasteiger partial charge in [0, 0.05) is 5.92 Å². The van der Waals surface area contributed by atoms with Crippen LogP contribution in [0, 0.1) is 0 Å². The number of halogens is 3. The van der Waals surface area contributed by atoms with Crippen molar-refractivity contribution in [3.63, 3.8) is 0 Å². The average molecular weight is 207 g/mol. The molecule has 0 N–H and O–H groups in total. The fourth-order valence-electron chi connectivity index (χ4n) is 1.51. The lowest BCUT2D eigenvalue weighted by Crippen LogP contribution is -2.34. The molecule has 1 aliphatic rings. The zero-order chi connectivity index (χ0) is 10.2. The van der Waals surface area contributed by atoms with Crippen LogP contribution in [0.4, 0.5) is 13.2 Å². The molecule has 1 saturated carbocycles. The minimum absolute atomic E-state index is 0.0184. The molecular formula is C8H8F3NO2. The first-order valence-corrected chi connectivity index (χ1v) is 4.17. The molecule has 3 nitrogen and oxygen atoms in total. The highest BCUT2D eigenvalue weighted by molar-refractivity contribution is 5.05. The second-order valence-corrected chi connectivity index (χ2v) is 3.26. The van der Waals surface area contributed by atoms with Crippen LogP contribution in [0.3, 0.4) is 0 Å². The zero-order valence-electron chi connectivity index (χ0n) is 7.12. The molecule has 0 atom stereocenters. The first-order valence-electron chi connectivity index (χ1n) is 4.17. The predicted octanol–water partition coefficient (Wildman–Crippen LogP) is 2.46. The van der Waals surface area contributed by atoms with Crippen LogP contribution in [0.15, 0.2) is 17.0 Å². The Hall–Kier alpha value is -1.04. The standard InChI is InChI=1S/C8H8F3NO2/c9-8(10,11)14-6-1-5(2-6)7-3-12-4-13-7/h3-6H,1-2H2. The van der Waals surface area contributed by atoms with E-state index in [2.05, 4.69) is 9.72 Å². The van der Waals surface area contributed by atoms with E-state index in [1.165, 1.54) is 12.6 Å². The number of nitrogens with zero attached hydrogens (tertiary/aromatic N) is 1. The monoisotopic (exact) mass is 207 g/mol. The second-order valence-electron chi connectivity index (χ2n) is 3.26. The highest BCUT2D eigenvalue weighted by Gasteiger charge is 2.41. The Bertz CT molecular complexity index is 290. The summed E-state index contributed by atoms with van der Waals surface area (Å²) in [6.07, 6.45) is -1.78. The van der Waals surface area contributed by atoms with Gasteiger partial charge < -0.3 is 4.42 Å². The lowest BCUT2D eigenvalue weighted by Gasteiger charge is -2.33. The van der Waals surface area contributed by atoms with Crippen molar-refractivity contribution in [1.29, 1.82) is 0 Å². The van der Waals surface area contributed by atoms with Crippen LogP contribution in [0.1, 0.15) is 24.5 Å². The molecule has 14 heavy (non-hydrogen) atoms. The molecule has 1 aromatic rings. The third kappa shape index (κ3) is 2.06. The molecule has 0 unspecified atom stereocenters. The molecule has 1 heterocycles. The van der Waals surface area contributed by atoms with Crippen LogP contribution in [0.25, 0.3) is 0 Å². The van der Waals surface area contributed by atoms with Crippen molar-refractivity contribution in [1.82, 2.24) is 4.98 Å². The van der Waals surface area contributed by atoms with Crippen LogP contribution in [0.2, 0.25) is 0 Å². The maximum atomic E-state index is 11.7. The molecule has 6 heteroatoms. The summed E-state index contributed by atoms with van der Waals surface area (Å²) in [6.45, 7) is 0. The van der Waals surface area contributed by atoms with Gasteiger partial charge in [-0.25, -0.2) is 4.98 Å². The Morgan fingerprint density at radius 1 is 1.43 bits per heavy atom. The van der Waals surface area contributed by atoms with E-state index < -0.39 is 12.5 Å². The van der Waals surface area contributed by atoms with Gasteiger partial charge in [-0.2, -0.15) is 0 Å². The van der Waals surface area contributed by atoms with Gasteiger partial charge in [-0.05, 0) is 12.8 Å². The number of oxazole rings is 1. The highest BCUT2D eigenvalue weighted by Crippen LogP contribution is 2.40. The van der Waals surface area contributed by atoms with Gasteiger partial charge in [0.1, 0.15) is 5.76 Å². The second kappa shape index (κ2) is 3.27. The Labute approximate surface area is 77.9 Å². The van der Waals surface area contributed by atoms with Crippen LogP contribution >= 0.6 is 0 Å². The minimum atomic E-state index is -4.53. The van der Waals surface area contributed by atoms with Gasteiger partial charge in [-0.15, -0.1) is 13.2 Å².